The molecule has 0 saturated heterocycles. The first-order valence-electron chi connectivity index (χ1n) is 11.9. The average Bonchev–Trinajstić information content (AvgIpc) is 2.77. The smallest absolute Gasteiger partial charge is 0.308 e. The number of rotatable bonds is 6. The second kappa shape index (κ2) is 11.7. The molecule has 1 N–H and O–H groups in total. The molecule has 0 spiro atoms. The lowest BCUT2D eigenvalue weighted by Gasteiger charge is -2.20. The van der Waals surface area contributed by atoms with E-state index in [-0.39, 0.29) is 16.9 Å². The molecule has 32 heavy (non-hydrogen) atoms. The Bertz CT molecular complexity index is 1010. The van der Waals surface area contributed by atoms with Crippen molar-refractivity contribution in [3.8, 4) is 5.75 Å². The fraction of sp³-hybridized carbons (Fsp3) is 0.500. The summed E-state index contributed by atoms with van der Waals surface area (Å²) in [6.07, 6.45) is 10.6. The molecule has 0 unspecified atom stereocenters. The summed E-state index contributed by atoms with van der Waals surface area (Å²) in [7, 11) is 0. The van der Waals surface area contributed by atoms with E-state index in [0.717, 1.165) is 49.8 Å². The number of hydrogen-bond acceptors (Lipinski definition) is 4. The third-order valence-electron chi connectivity index (χ3n) is 5.97. The number of anilines is 1. The molecule has 1 aromatic carbocycles. The molecule has 6 nitrogen and oxygen atoms in total. The Labute approximate surface area is 190 Å². The summed E-state index contributed by atoms with van der Waals surface area (Å²) in [5, 5.41) is 2.78. The van der Waals surface area contributed by atoms with Crippen molar-refractivity contribution in [1.29, 1.82) is 0 Å². The number of nitrogens with one attached hydrogen (secondary N) is 1. The largest absolute Gasteiger partial charge is 0.424 e. The van der Waals surface area contributed by atoms with Crippen LogP contribution < -0.4 is 15.6 Å². The Hall–Kier alpha value is -2.89. The van der Waals surface area contributed by atoms with E-state index in [0.29, 0.717) is 12.2 Å². The van der Waals surface area contributed by atoms with Gasteiger partial charge in [-0.1, -0.05) is 51.2 Å². The van der Waals surface area contributed by atoms with Crippen molar-refractivity contribution in [3.63, 3.8) is 0 Å². The molecule has 1 aliphatic carbocycles. The van der Waals surface area contributed by atoms with Crippen molar-refractivity contribution < 1.29 is 14.3 Å². The van der Waals surface area contributed by atoms with E-state index in [2.05, 4.69) is 12.2 Å². The van der Waals surface area contributed by atoms with E-state index in [1.165, 1.54) is 32.6 Å². The lowest BCUT2D eigenvalue weighted by atomic mass is 9.96. The predicted molar refractivity (Wildman–Crippen MR) is 126 cm³/mol. The van der Waals surface area contributed by atoms with Gasteiger partial charge in [-0.05, 0) is 55.9 Å². The number of para-hydroxylation sites is 2. The van der Waals surface area contributed by atoms with Crippen LogP contribution in [0.4, 0.5) is 5.69 Å². The maximum atomic E-state index is 13.4. The highest BCUT2D eigenvalue weighted by Gasteiger charge is 2.20. The molecule has 0 radical (unpaired) electrons. The molecule has 2 aromatic rings. The van der Waals surface area contributed by atoms with Gasteiger partial charge < -0.3 is 14.6 Å². The van der Waals surface area contributed by atoms with Crippen LogP contribution in [-0.4, -0.2) is 16.4 Å². The zero-order valence-corrected chi connectivity index (χ0v) is 19.2. The molecule has 1 amide bonds. The van der Waals surface area contributed by atoms with E-state index in [1.54, 1.807) is 30.3 Å². The van der Waals surface area contributed by atoms with E-state index in [1.807, 2.05) is 4.57 Å². The molecule has 0 bridgehead atoms. The summed E-state index contributed by atoms with van der Waals surface area (Å²) in [5.41, 5.74) is 2.49. The Kier molecular flexibility index (Phi) is 8.65. The molecule has 0 saturated carbocycles. The summed E-state index contributed by atoms with van der Waals surface area (Å²) in [6, 6.07) is 8.54. The number of aryl methyl sites for hydroxylation is 1. The van der Waals surface area contributed by atoms with Crippen molar-refractivity contribution in [2.75, 3.05) is 5.32 Å². The zero-order valence-electron chi connectivity index (χ0n) is 19.2. The minimum absolute atomic E-state index is 0.148. The summed E-state index contributed by atoms with van der Waals surface area (Å²) in [6.45, 7) is 4.04. The van der Waals surface area contributed by atoms with Gasteiger partial charge in [0.05, 0.1) is 5.69 Å². The molecule has 0 atom stereocenters. The average molecular weight is 439 g/mol. The quantitative estimate of drug-likeness (QED) is 0.493. The molecule has 1 heterocycles. The van der Waals surface area contributed by atoms with Gasteiger partial charge in [0.2, 0.25) is 0 Å². The second-order valence-corrected chi connectivity index (χ2v) is 8.51. The number of amides is 1. The lowest BCUT2D eigenvalue weighted by Crippen LogP contribution is -2.33. The van der Waals surface area contributed by atoms with Gasteiger partial charge in [0.15, 0.2) is 5.75 Å². The van der Waals surface area contributed by atoms with Crippen molar-refractivity contribution in [2.24, 2.45) is 0 Å². The van der Waals surface area contributed by atoms with Gasteiger partial charge in [-0.2, -0.15) is 0 Å². The van der Waals surface area contributed by atoms with Crippen LogP contribution in [-0.2, 0) is 24.2 Å². The summed E-state index contributed by atoms with van der Waals surface area (Å²) < 4.78 is 7.04. The Morgan fingerprint density at radius 2 is 1.72 bits per heavy atom. The van der Waals surface area contributed by atoms with Gasteiger partial charge in [0, 0.05) is 19.2 Å². The predicted octanol–water partition coefficient (Wildman–Crippen LogP) is 5.27. The molecule has 1 aliphatic rings. The normalized spacial score (nSPS) is 14.3. The fourth-order valence-corrected chi connectivity index (χ4v) is 4.31. The maximum Gasteiger partial charge on any atom is 0.308 e. The Morgan fingerprint density at radius 1 is 1.03 bits per heavy atom. The van der Waals surface area contributed by atoms with E-state index < -0.39 is 11.9 Å². The number of carbonyl (C=O) groups is 2. The number of carbonyl (C=O) groups excluding carboxylic acids is 2. The number of nitrogens with zero attached hydrogens (tertiary/aromatic N) is 1. The van der Waals surface area contributed by atoms with Gasteiger partial charge in [0.1, 0.15) is 5.56 Å². The molecule has 0 fully saturated rings. The van der Waals surface area contributed by atoms with Crippen LogP contribution in [0, 0.1) is 0 Å². The van der Waals surface area contributed by atoms with Gasteiger partial charge in [0.25, 0.3) is 11.5 Å². The SMILES string of the molecule is CCCCn1c2c(cc(C(=O)Nc3ccccc3OC(C)=O)c1=O)CCCCCCCC2. The minimum Gasteiger partial charge on any atom is -0.424 e. The molecule has 1 aromatic heterocycles. The standard InChI is InChI=1S/C26H34N2O4/c1-3-4-17-28-23-15-10-8-6-5-7-9-13-20(23)18-21(26(28)31)25(30)27-22-14-11-12-16-24(22)32-19(2)29/h11-12,14,16,18H,3-10,13,15,17H2,1-2H3,(H,27,30). The van der Waals surface area contributed by atoms with Gasteiger partial charge in [-0.25, -0.2) is 0 Å². The van der Waals surface area contributed by atoms with Crippen LogP contribution in [0.2, 0.25) is 0 Å². The second-order valence-electron chi connectivity index (χ2n) is 8.51. The lowest BCUT2D eigenvalue weighted by molar-refractivity contribution is -0.131. The molecule has 3 rings (SSSR count). The summed E-state index contributed by atoms with van der Waals surface area (Å²) in [5.74, 6) is -0.680. The maximum absolute atomic E-state index is 13.4. The molecule has 172 valence electrons. The molecular formula is C26H34N2O4. The number of hydrogen-bond donors (Lipinski definition) is 1. The fourth-order valence-electron chi connectivity index (χ4n) is 4.31. The van der Waals surface area contributed by atoms with Crippen LogP contribution in [0.15, 0.2) is 35.1 Å². The van der Waals surface area contributed by atoms with E-state index in [9.17, 15) is 14.4 Å². The summed E-state index contributed by atoms with van der Waals surface area (Å²) in [4.78, 5) is 38.0. The molecule has 6 heteroatoms. The van der Waals surface area contributed by atoms with Crippen molar-refractivity contribution in [1.82, 2.24) is 4.57 Å². The first-order valence-corrected chi connectivity index (χ1v) is 11.9. The number of esters is 1. The van der Waals surface area contributed by atoms with Crippen LogP contribution in [0.3, 0.4) is 0 Å². The number of pyridine rings is 1. The van der Waals surface area contributed by atoms with Crippen molar-refractivity contribution in [2.45, 2.75) is 84.6 Å². The highest BCUT2D eigenvalue weighted by Crippen LogP contribution is 2.25. The first-order chi connectivity index (χ1) is 15.5. The van der Waals surface area contributed by atoms with Crippen molar-refractivity contribution in [3.05, 3.63) is 57.5 Å². The van der Waals surface area contributed by atoms with Gasteiger partial charge in [-0.3, -0.25) is 14.4 Å². The number of unbranched alkanes of at least 4 members (excludes halogenated alkanes) is 1. The number of benzene rings is 1. The first kappa shape index (κ1) is 23.8. The zero-order chi connectivity index (χ0) is 22.9. The number of aromatic nitrogens is 1. The van der Waals surface area contributed by atoms with Gasteiger partial charge >= 0.3 is 5.97 Å². The Balaban J connectivity index is 1.99. The highest BCUT2D eigenvalue weighted by atomic mass is 16.5. The number of fused-ring (bicyclic) bond motifs is 1. The van der Waals surface area contributed by atoms with Crippen LogP contribution in [0.1, 0.15) is 86.8 Å². The van der Waals surface area contributed by atoms with Crippen LogP contribution in [0.25, 0.3) is 0 Å². The number of ether oxygens (including phenoxy) is 1. The third kappa shape index (κ3) is 6.09. The van der Waals surface area contributed by atoms with Crippen LogP contribution >= 0.6 is 0 Å². The van der Waals surface area contributed by atoms with Gasteiger partial charge in [-0.15, -0.1) is 0 Å². The highest BCUT2D eigenvalue weighted by molar-refractivity contribution is 6.05. The topological polar surface area (TPSA) is 77.4 Å². The molecule has 0 aliphatic heterocycles. The van der Waals surface area contributed by atoms with Crippen molar-refractivity contribution >= 4 is 17.6 Å². The minimum atomic E-state index is -0.472. The molecular weight excluding hydrogens is 404 g/mol. The van der Waals surface area contributed by atoms with E-state index in [4.69, 9.17) is 4.74 Å². The monoisotopic (exact) mass is 438 g/mol. The van der Waals surface area contributed by atoms with E-state index >= 15 is 0 Å². The Morgan fingerprint density at radius 3 is 2.44 bits per heavy atom. The summed E-state index contributed by atoms with van der Waals surface area (Å²) >= 11 is 0. The third-order valence-corrected chi connectivity index (χ3v) is 5.97. The van der Waals surface area contributed by atoms with Crippen LogP contribution in [0.5, 0.6) is 5.75 Å².